The van der Waals surface area contributed by atoms with Gasteiger partial charge >= 0.3 is 5.97 Å². The van der Waals surface area contributed by atoms with Gasteiger partial charge in [-0.3, -0.25) is 4.68 Å². The maximum atomic E-state index is 11.3. The molecule has 108 valence electrons. The van der Waals surface area contributed by atoms with Crippen LogP contribution in [0.3, 0.4) is 0 Å². The minimum atomic E-state index is -0.947. The molecule has 6 heteroatoms. The number of hydrogen-bond acceptors (Lipinski definition) is 3. The number of carboxylic acid groups (broad SMARTS) is 1. The van der Waals surface area contributed by atoms with E-state index in [9.17, 15) is 9.90 Å². The van der Waals surface area contributed by atoms with Crippen LogP contribution in [0.25, 0.3) is 11.0 Å². The first-order chi connectivity index (χ1) is 10.1. The van der Waals surface area contributed by atoms with Crippen molar-refractivity contribution in [2.75, 3.05) is 0 Å². The van der Waals surface area contributed by atoms with Crippen molar-refractivity contribution in [1.82, 2.24) is 19.3 Å². The molecule has 6 nitrogen and oxygen atoms in total. The number of imidazole rings is 1. The highest BCUT2D eigenvalue weighted by atomic mass is 16.4. The zero-order valence-electron chi connectivity index (χ0n) is 11.9. The van der Waals surface area contributed by atoms with Crippen molar-refractivity contribution in [2.24, 2.45) is 7.05 Å². The SMILES string of the molecule is Cc1nc2c(C(=O)O)cccc2n1CCc1ccnn1C. The number of aromatic nitrogens is 4. The van der Waals surface area contributed by atoms with Gasteiger partial charge in [0.05, 0.1) is 11.1 Å². The molecule has 0 aliphatic heterocycles. The molecule has 1 aromatic carbocycles. The molecule has 21 heavy (non-hydrogen) atoms. The van der Waals surface area contributed by atoms with Gasteiger partial charge in [0.25, 0.3) is 0 Å². The molecule has 0 spiro atoms. The number of nitrogens with zero attached hydrogens (tertiary/aromatic N) is 4. The first-order valence-electron chi connectivity index (χ1n) is 6.74. The van der Waals surface area contributed by atoms with E-state index in [1.54, 1.807) is 18.3 Å². The Balaban J connectivity index is 1.99. The normalized spacial score (nSPS) is 11.1. The summed E-state index contributed by atoms with van der Waals surface area (Å²) in [7, 11) is 1.91. The lowest BCUT2D eigenvalue weighted by atomic mass is 10.2. The largest absolute Gasteiger partial charge is 0.478 e. The summed E-state index contributed by atoms with van der Waals surface area (Å²) in [6.07, 6.45) is 2.59. The van der Waals surface area contributed by atoms with Gasteiger partial charge in [-0.15, -0.1) is 0 Å². The van der Waals surface area contributed by atoms with E-state index in [-0.39, 0.29) is 5.56 Å². The summed E-state index contributed by atoms with van der Waals surface area (Å²) >= 11 is 0. The molecule has 0 bridgehead atoms. The Morgan fingerprint density at radius 2 is 2.14 bits per heavy atom. The lowest BCUT2D eigenvalue weighted by Crippen LogP contribution is -2.07. The Kier molecular flexibility index (Phi) is 3.21. The van der Waals surface area contributed by atoms with E-state index in [0.29, 0.717) is 5.52 Å². The smallest absolute Gasteiger partial charge is 0.337 e. The first-order valence-corrected chi connectivity index (χ1v) is 6.74. The zero-order chi connectivity index (χ0) is 15.0. The van der Waals surface area contributed by atoms with E-state index in [1.165, 1.54) is 0 Å². The number of aromatic carboxylic acids is 1. The minimum absolute atomic E-state index is 0.245. The molecule has 0 atom stereocenters. The van der Waals surface area contributed by atoms with E-state index < -0.39 is 5.97 Å². The average Bonchev–Trinajstić information content (AvgIpc) is 2.99. The van der Waals surface area contributed by atoms with Gasteiger partial charge in [0.1, 0.15) is 11.3 Å². The molecule has 3 rings (SSSR count). The number of carbonyl (C=O) groups is 1. The van der Waals surface area contributed by atoms with Crippen molar-refractivity contribution < 1.29 is 9.90 Å². The fourth-order valence-electron chi connectivity index (χ4n) is 2.59. The van der Waals surface area contributed by atoms with Crippen LogP contribution in [0.15, 0.2) is 30.5 Å². The number of fused-ring (bicyclic) bond motifs is 1. The van der Waals surface area contributed by atoms with Crippen LogP contribution in [0.2, 0.25) is 0 Å². The average molecular weight is 284 g/mol. The number of hydrogen-bond donors (Lipinski definition) is 1. The molecule has 0 aliphatic carbocycles. The molecule has 1 N–H and O–H groups in total. The van der Waals surface area contributed by atoms with Crippen LogP contribution in [0, 0.1) is 6.92 Å². The molecule has 0 saturated carbocycles. The van der Waals surface area contributed by atoms with Crippen LogP contribution in [0.1, 0.15) is 21.9 Å². The van der Waals surface area contributed by atoms with Gasteiger partial charge in [-0.25, -0.2) is 9.78 Å². The lowest BCUT2D eigenvalue weighted by molar-refractivity contribution is 0.0699. The van der Waals surface area contributed by atoms with Crippen LogP contribution < -0.4 is 0 Å². The van der Waals surface area contributed by atoms with Gasteiger partial charge in [-0.1, -0.05) is 6.07 Å². The third-order valence-electron chi connectivity index (χ3n) is 3.71. The Hall–Kier alpha value is -2.63. The second-order valence-electron chi connectivity index (χ2n) is 4.99. The summed E-state index contributed by atoms with van der Waals surface area (Å²) in [5, 5.41) is 13.4. The summed E-state index contributed by atoms with van der Waals surface area (Å²) < 4.78 is 3.89. The molecule has 0 unspecified atom stereocenters. The number of rotatable bonds is 4. The van der Waals surface area contributed by atoms with Crippen molar-refractivity contribution >= 4 is 17.0 Å². The predicted octanol–water partition coefficient (Wildman–Crippen LogP) is 2.02. The lowest BCUT2D eigenvalue weighted by Gasteiger charge is -2.07. The van der Waals surface area contributed by atoms with Gasteiger partial charge in [-0.2, -0.15) is 5.10 Å². The standard InChI is InChI=1S/C15H16N4O2/c1-10-17-14-12(15(20)21)4-3-5-13(14)19(10)9-7-11-6-8-16-18(11)2/h3-6,8H,7,9H2,1-2H3,(H,20,21). The third kappa shape index (κ3) is 2.29. The van der Waals surface area contributed by atoms with Crippen LogP contribution >= 0.6 is 0 Å². The first kappa shape index (κ1) is 13.4. The number of para-hydroxylation sites is 1. The number of carboxylic acids is 1. The van der Waals surface area contributed by atoms with Crippen LogP contribution in [-0.4, -0.2) is 30.4 Å². The quantitative estimate of drug-likeness (QED) is 0.795. The number of aryl methyl sites for hydroxylation is 4. The molecule has 0 saturated heterocycles. The molecular formula is C15H16N4O2. The maximum Gasteiger partial charge on any atom is 0.337 e. The molecule has 0 radical (unpaired) electrons. The van der Waals surface area contributed by atoms with E-state index >= 15 is 0 Å². The molecule has 0 fully saturated rings. The monoisotopic (exact) mass is 284 g/mol. The van der Waals surface area contributed by atoms with Gasteiger partial charge in [-0.05, 0) is 25.1 Å². The van der Waals surface area contributed by atoms with E-state index in [2.05, 4.69) is 14.6 Å². The highest BCUT2D eigenvalue weighted by Gasteiger charge is 2.15. The summed E-state index contributed by atoms with van der Waals surface area (Å²) in [6, 6.07) is 7.23. The van der Waals surface area contributed by atoms with Crippen LogP contribution in [0.5, 0.6) is 0 Å². The highest BCUT2D eigenvalue weighted by molar-refractivity contribution is 6.01. The minimum Gasteiger partial charge on any atom is -0.478 e. The Labute approximate surface area is 121 Å². The van der Waals surface area contributed by atoms with Crippen molar-refractivity contribution in [2.45, 2.75) is 19.9 Å². The molecule has 2 aromatic heterocycles. The van der Waals surface area contributed by atoms with Crippen molar-refractivity contribution in [3.63, 3.8) is 0 Å². The van der Waals surface area contributed by atoms with Crippen molar-refractivity contribution in [3.05, 3.63) is 47.5 Å². The summed E-state index contributed by atoms with van der Waals surface area (Å²) in [5.41, 5.74) is 2.78. The maximum absolute atomic E-state index is 11.3. The molecule has 3 aromatic rings. The highest BCUT2D eigenvalue weighted by Crippen LogP contribution is 2.20. The van der Waals surface area contributed by atoms with Gasteiger partial charge in [0.15, 0.2) is 0 Å². The van der Waals surface area contributed by atoms with Crippen LogP contribution in [0.4, 0.5) is 0 Å². The Morgan fingerprint density at radius 3 is 2.81 bits per heavy atom. The third-order valence-corrected chi connectivity index (χ3v) is 3.71. The molecule has 0 aliphatic rings. The van der Waals surface area contributed by atoms with Crippen LogP contribution in [-0.2, 0) is 20.0 Å². The topological polar surface area (TPSA) is 72.9 Å². The van der Waals surface area contributed by atoms with Gasteiger partial charge in [0, 0.05) is 31.9 Å². The Morgan fingerprint density at radius 1 is 1.33 bits per heavy atom. The second-order valence-corrected chi connectivity index (χ2v) is 4.99. The molecular weight excluding hydrogens is 268 g/mol. The molecule has 0 amide bonds. The van der Waals surface area contributed by atoms with Crippen molar-refractivity contribution in [1.29, 1.82) is 0 Å². The predicted molar refractivity (Wildman–Crippen MR) is 78.3 cm³/mol. The van der Waals surface area contributed by atoms with E-state index in [1.807, 2.05) is 30.8 Å². The summed E-state index contributed by atoms with van der Waals surface area (Å²) in [6.45, 7) is 2.64. The number of benzene rings is 1. The zero-order valence-corrected chi connectivity index (χ0v) is 11.9. The summed E-state index contributed by atoms with van der Waals surface area (Å²) in [5.74, 6) is -0.127. The molecule has 2 heterocycles. The Bertz CT molecular complexity index is 816. The van der Waals surface area contributed by atoms with Gasteiger partial charge in [0.2, 0.25) is 0 Å². The van der Waals surface area contributed by atoms with E-state index in [4.69, 9.17) is 0 Å². The van der Waals surface area contributed by atoms with Crippen molar-refractivity contribution in [3.8, 4) is 0 Å². The van der Waals surface area contributed by atoms with Gasteiger partial charge < -0.3 is 9.67 Å². The fourth-order valence-corrected chi connectivity index (χ4v) is 2.59. The summed E-state index contributed by atoms with van der Waals surface area (Å²) in [4.78, 5) is 15.7. The fraction of sp³-hybridized carbons (Fsp3) is 0.267. The van der Waals surface area contributed by atoms with E-state index in [0.717, 1.165) is 30.0 Å². The second kappa shape index (κ2) is 5.05.